The molecule has 1 atom stereocenters. The van der Waals surface area contributed by atoms with Gasteiger partial charge in [-0.15, -0.1) is 0 Å². The first-order chi connectivity index (χ1) is 6.35. The predicted molar refractivity (Wildman–Crippen MR) is 54.4 cm³/mol. The van der Waals surface area contributed by atoms with Crippen LogP contribution >= 0.6 is 0 Å². The largest absolute Gasteiger partial charge is 0.433 e. The molecule has 4 nitrogen and oxygen atoms in total. The van der Waals surface area contributed by atoms with Gasteiger partial charge >= 0.3 is 5.97 Å². The summed E-state index contributed by atoms with van der Waals surface area (Å²) in [5, 5.41) is 9.32. The van der Waals surface area contributed by atoms with Crippen LogP contribution < -0.4 is 0 Å². The third kappa shape index (κ3) is 7.76. The molecule has 0 aromatic carbocycles. The molecule has 14 heavy (non-hydrogen) atoms. The molecule has 0 spiro atoms. The fraction of sp³-hybridized carbons (Fsp3) is 0.700. The van der Waals surface area contributed by atoms with Gasteiger partial charge in [0.1, 0.15) is 0 Å². The predicted octanol–water partition coefficient (Wildman–Crippen LogP) is 0.520. The molecule has 0 aliphatic heterocycles. The molecule has 1 unspecified atom stereocenters. The highest BCUT2D eigenvalue weighted by atomic mass is 16.6. The summed E-state index contributed by atoms with van der Waals surface area (Å²) < 4.78 is 5.44. The lowest BCUT2D eigenvalue weighted by Crippen LogP contribution is -2.37. The minimum atomic E-state index is -1.00. The Labute approximate surface area is 85.4 Å². The SMILES string of the molecule is CC=CC(=O)OC(O)CC[N+](C)(C)C. The van der Waals surface area contributed by atoms with Crippen molar-refractivity contribution in [2.75, 3.05) is 27.7 Å². The van der Waals surface area contributed by atoms with Gasteiger partial charge < -0.3 is 14.3 Å². The van der Waals surface area contributed by atoms with Crippen molar-refractivity contribution in [3.63, 3.8) is 0 Å². The van der Waals surface area contributed by atoms with E-state index in [0.717, 1.165) is 11.0 Å². The molecule has 4 heteroatoms. The van der Waals surface area contributed by atoms with Crippen LogP contribution in [0.15, 0.2) is 12.2 Å². The number of nitrogens with zero attached hydrogens (tertiary/aromatic N) is 1. The van der Waals surface area contributed by atoms with Crippen LogP contribution in [0.2, 0.25) is 0 Å². The van der Waals surface area contributed by atoms with E-state index in [0.29, 0.717) is 6.42 Å². The molecule has 0 aromatic rings. The molecule has 0 fully saturated rings. The zero-order valence-electron chi connectivity index (χ0n) is 9.36. The van der Waals surface area contributed by atoms with E-state index in [9.17, 15) is 9.90 Å². The first kappa shape index (κ1) is 13.1. The van der Waals surface area contributed by atoms with E-state index in [1.807, 2.05) is 21.1 Å². The zero-order chi connectivity index (χ0) is 11.2. The van der Waals surface area contributed by atoms with Crippen LogP contribution in [0.3, 0.4) is 0 Å². The van der Waals surface area contributed by atoms with Gasteiger partial charge in [0.05, 0.1) is 34.1 Å². The number of carbonyl (C=O) groups is 1. The average molecular weight is 202 g/mol. The Hall–Kier alpha value is -0.870. The number of aliphatic hydroxyl groups is 1. The zero-order valence-corrected chi connectivity index (χ0v) is 9.36. The number of esters is 1. The Morgan fingerprint density at radius 1 is 1.50 bits per heavy atom. The summed E-state index contributed by atoms with van der Waals surface area (Å²) in [7, 11) is 6.04. The molecule has 0 radical (unpaired) electrons. The molecule has 0 aromatic heterocycles. The molecule has 0 heterocycles. The number of hydrogen-bond donors (Lipinski definition) is 1. The topological polar surface area (TPSA) is 46.5 Å². The van der Waals surface area contributed by atoms with Crippen LogP contribution in [0.1, 0.15) is 13.3 Å². The standard InChI is InChI=1S/C10H20NO3/c1-5-6-9(12)14-10(13)7-8-11(2,3)4/h5-6,10,13H,7-8H2,1-4H3/q+1. The summed E-state index contributed by atoms with van der Waals surface area (Å²) in [4.78, 5) is 10.9. The summed E-state index contributed by atoms with van der Waals surface area (Å²) in [6.07, 6.45) is 2.31. The molecule has 0 aliphatic carbocycles. The van der Waals surface area contributed by atoms with E-state index in [-0.39, 0.29) is 0 Å². The average Bonchev–Trinajstić information content (AvgIpc) is 2.00. The van der Waals surface area contributed by atoms with E-state index in [1.54, 1.807) is 13.0 Å². The van der Waals surface area contributed by atoms with Gasteiger partial charge in [0.2, 0.25) is 6.29 Å². The van der Waals surface area contributed by atoms with Crippen molar-refractivity contribution < 1.29 is 19.1 Å². The smallest absolute Gasteiger partial charge is 0.332 e. The second kappa shape index (κ2) is 5.78. The normalized spacial score (nSPS) is 14.4. The second-order valence-corrected chi connectivity index (χ2v) is 4.19. The molecule has 0 amide bonds. The number of quaternary nitrogens is 1. The van der Waals surface area contributed by atoms with E-state index in [2.05, 4.69) is 0 Å². The Bertz CT molecular complexity index is 206. The summed E-state index contributed by atoms with van der Waals surface area (Å²) >= 11 is 0. The maximum Gasteiger partial charge on any atom is 0.332 e. The minimum absolute atomic E-state index is 0.451. The lowest BCUT2D eigenvalue weighted by atomic mass is 10.3. The Balaban J connectivity index is 3.76. The number of hydrogen-bond acceptors (Lipinski definition) is 3. The van der Waals surface area contributed by atoms with Crippen molar-refractivity contribution in [2.24, 2.45) is 0 Å². The van der Waals surface area contributed by atoms with Crippen molar-refractivity contribution in [1.82, 2.24) is 0 Å². The van der Waals surface area contributed by atoms with Crippen LogP contribution in [-0.4, -0.2) is 49.5 Å². The minimum Gasteiger partial charge on any atom is -0.433 e. The van der Waals surface area contributed by atoms with Gasteiger partial charge in [-0.2, -0.15) is 0 Å². The first-order valence-corrected chi connectivity index (χ1v) is 4.67. The quantitative estimate of drug-likeness (QED) is 0.306. The molecule has 1 N–H and O–H groups in total. The molecule has 0 saturated carbocycles. The molecule has 0 aliphatic rings. The highest BCUT2D eigenvalue weighted by Gasteiger charge is 2.14. The van der Waals surface area contributed by atoms with Gasteiger partial charge in [-0.25, -0.2) is 4.79 Å². The number of carbonyl (C=O) groups excluding carboxylic acids is 1. The third-order valence-electron chi connectivity index (χ3n) is 1.60. The van der Waals surface area contributed by atoms with Gasteiger partial charge in [0, 0.05) is 6.08 Å². The molecule has 82 valence electrons. The van der Waals surface area contributed by atoms with Gasteiger partial charge in [0.25, 0.3) is 0 Å². The van der Waals surface area contributed by atoms with E-state index in [1.165, 1.54) is 6.08 Å². The Morgan fingerprint density at radius 2 is 2.07 bits per heavy atom. The van der Waals surface area contributed by atoms with Crippen LogP contribution in [0.5, 0.6) is 0 Å². The lowest BCUT2D eigenvalue weighted by molar-refractivity contribution is -0.871. The number of rotatable bonds is 5. The molecule has 0 rings (SSSR count). The molecule has 0 bridgehead atoms. The van der Waals surface area contributed by atoms with Gasteiger partial charge in [-0.05, 0) is 6.92 Å². The second-order valence-electron chi connectivity index (χ2n) is 4.19. The van der Waals surface area contributed by atoms with Gasteiger partial charge in [0.15, 0.2) is 0 Å². The van der Waals surface area contributed by atoms with Gasteiger partial charge in [-0.3, -0.25) is 0 Å². The van der Waals surface area contributed by atoms with E-state index < -0.39 is 12.3 Å². The molecular weight excluding hydrogens is 182 g/mol. The monoisotopic (exact) mass is 202 g/mol. The highest BCUT2D eigenvalue weighted by Crippen LogP contribution is 2.00. The lowest BCUT2D eigenvalue weighted by Gasteiger charge is -2.24. The van der Waals surface area contributed by atoms with Crippen molar-refractivity contribution in [1.29, 1.82) is 0 Å². The van der Waals surface area contributed by atoms with Crippen LogP contribution in [0.4, 0.5) is 0 Å². The molecule has 0 saturated heterocycles. The fourth-order valence-electron chi connectivity index (χ4n) is 0.866. The van der Waals surface area contributed by atoms with Crippen molar-refractivity contribution in [2.45, 2.75) is 19.6 Å². The summed E-state index contributed by atoms with van der Waals surface area (Å²) in [6.45, 7) is 2.48. The molecular formula is C10H20NO3+. The fourth-order valence-corrected chi connectivity index (χ4v) is 0.866. The van der Waals surface area contributed by atoms with Crippen molar-refractivity contribution in [3.05, 3.63) is 12.2 Å². The Kier molecular flexibility index (Phi) is 5.42. The number of ether oxygens (including phenoxy) is 1. The third-order valence-corrected chi connectivity index (χ3v) is 1.60. The number of allylic oxidation sites excluding steroid dienone is 1. The van der Waals surface area contributed by atoms with Crippen LogP contribution in [-0.2, 0) is 9.53 Å². The first-order valence-electron chi connectivity index (χ1n) is 4.67. The van der Waals surface area contributed by atoms with Gasteiger partial charge in [-0.1, -0.05) is 6.08 Å². The summed E-state index contributed by atoms with van der Waals surface area (Å²) in [5.74, 6) is -0.499. The maximum atomic E-state index is 10.9. The summed E-state index contributed by atoms with van der Waals surface area (Å²) in [5.41, 5.74) is 0. The maximum absolute atomic E-state index is 10.9. The van der Waals surface area contributed by atoms with Crippen molar-refractivity contribution in [3.8, 4) is 0 Å². The van der Waals surface area contributed by atoms with Crippen molar-refractivity contribution >= 4 is 5.97 Å². The number of aliphatic hydroxyl groups excluding tert-OH is 1. The van der Waals surface area contributed by atoms with E-state index in [4.69, 9.17) is 4.74 Å². The highest BCUT2D eigenvalue weighted by molar-refractivity contribution is 5.81. The Morgan fingerprint density at radius 3 is 2.50 bits per heavy atom. The van der Waals surface area contributed by atoms with Crippen LogP contribution in [0.25, 0.3) is 0 Å². The van der Waals surface area contributed by atoms with E-state index >= 15 is 0 Å². The van der Waals surface area contributed by atoms with Crippen LogP contribution in [0, 0.1) is 0 Å². The summed E-state index contributed by atoms with van der Waals surface area (Å²) in [6, 6.07) is 0.